The van der Waals surface area contributed by atoms with Crippen molar-refractivity contribution < 1.29 is 28.2 Å². The maximum Gasteiger partial charge on any atom is 0.374 e. The average Bonchev–Trinajstić information content (AvgIpc) is 3.30. The Bertz CT molecular complexity index is 1270. The van der Waals surface area contributed by atoms with Gasteiger partial charge in [-0.1, -0.05) is 17.7 Å². The lowest BCUT2D eigenvalue weighted by Gasteiger charge is -2.39. The van der Waals surface area contributed by atoms with E-state index >= 15 is 0 Å². The van der Waals surface area contributed by atoms with Crippen LogP contribution in [0.1, 0.15) is 30.0 Å². The van der Waals surface area contributed by atoms with Crippen molar-refractivity contribution in [2.24, 2.45) is 0 Å². The predicted octanol–water partition coefficient (Wildman–Crippen LogP) is 5.14. The van der Waals surface area contributed by atoms with E-state index in [2.05, 4.69) is 5.32 Å². The lowest BCUT2D eigenvalue weighted by atomic mass is 9.92. The Labute approximate surface area is 202 Å². The first-order valence-corrected chi connectivity index (χ1v) is 10.9. The third-order valence-electron chi connectivity index (χ3n) is 5.69. The maximum absolute atomic E-state index is 13.1. The molecule has 0 radical (unpaired) electrons. The zero-order valence-corrected chi connectivity index (χ0v) is 20.3. The van der Waals surface area contributed by atoms with E-state index in [1.165, 1.54) is 19.2 Å². The highest BCUT2D eigenvalue weighted by Crippen LogP contribution is 2.44. The number of nitrogens with zero attached hydrogens (tertiary/aromatic N) is 1. The summed E-state index contributed by atoms with van der Waals surface area (Å²) in [7, 11) is 4.70. The molecule has 0 spiro atoms. The number of anilines is 2. The molecule has 2 heterocycles. The first-order valence-electron chi connectivity index (χ1n) is 10.5. The largest absolute Gasteiger partial charge is 0.496 e. The molecule has 34 heavy (non-hydrogen) atoms. The minimum atomic E-state index is -0.796. The zero-order valence-electron chi connectivity index (χ0n) is 19.5. The summed E-state index contributed by atoms with van der Waals surface area (Å²) in [6.45, 7) is 3.50. The molecule has 1 aliphatic heterocycles. The summed E-state index contributed by atoms with van der Waals surface area (Å²) < 4.78 is 21.5. The number of hydrogen-bond acceptors (Lipinski definition) is 7. The van der Waals surface area contributed by atoms with Crippen LogP contribution in [-0.4, -0.2) is 38.7 Å². The van der Waals surface area contributed by atoms with Crippen LogP contribution in [0.25, 0.3) is 11.1 Å². The van der Waals surface area contributed by atoms with E-state index < -0.39 is 11.5 Å². The fraction of sp³-hybridized carbons (Fsp3) is 0.280. The first-order chi connectivity index (χ1) is 16.2. The number of likely N-dealkylation sites (N-methyl/N-ethyl adjacent to an activating group) is 1. The second-order valence-corrected chi connectivity index (χ2v) is 8.78. The van der Waals surface area contributed by atoms with Gasteiger partial charge in [0.25, 0.3) is 11.9 Å². The molecule has 1 N–H and O–H groups in total. The summed E-state index contributed by atoms with van der Waals surface area (Å²) in [6, 6.07) is 12.0. The van der Waals surface area contributed by atoms with Gasteiger partial charge in [0.05, 0.1) is 25.6 Å². The van der Waals surface area contributed by atoms with Gasteiger partial charge in [0, 0.05) is 29.3 Å². The molecule has 1 aromatic heterocycles. The number of rotatable bonds is 6. The minimum absolute atomic E-state index is 0.00669. The molecule has 0 unspecified atom stereocenters. The van der Waals surface area contributed by atoms with Gasteiger partial charge in [-0.2, -0.15) is 0 Å². The first kappa shape index (κ1) is 23.5. The summed E-state index contributed by atoms with van der Waals surface area (Å²) >= 11 is 6.29. The van der Waals surface area contributed by atoms with Gasteiger partial charge in [-0.05, 0) is 49.7 Å². The van der Waals surface area contributed by atoms with Crippen molar-refractivity contribution in [3.05, 3.63) is 58.8 Å². The maximum atomic E-state index is 13.1. The van der Waals surface area contributed by atoms with Crippen LogP contribution >= 0.6 is 11.6 Å². The standard InChI is InChI=1S/C25H25ClN2O6/c1-25(2)24(30)28(3)22-17(13-33-23(29)20-10-11-21(32-5)34-20)15(7-8-18(22)27-25)16-12-14(26)6-9-19(16)31-4/h6-12,27H,13H2,1-5H3. The van der Waals surface area contributed by atoms with Crippen LogP contribution < -0.4 is 19.7 Å². The number of carbonyl (C=O) groups excluding carboxylic acids is 2. The van der Waals surface area contributed by atoms with E-state index in [9.17, 15) is 9.59 Å². The predicted molar refractivity (Wildman–Crippen MR) is 129 cm³/mol. The molecule has 0 atom stereocenters. The summed E-state index contributed by atoms with van der Waals surface area (Å²) in [6.07, 6.45) is 0. The van der Waals surface area contributed by atoms with E-state index in [0.29, 0.717) is 33.1 Å². The molecule has 3 aromatic rings. The van der Waals surface area contributed by atoms with Crippen LogP contribution in [0.15, 0.2) is 46.9 Å². The van der Waals surface area contributed by atoms with E-state index in [1.807, 2.05) is 26.0 Å². The van der Waals surface area contributed by atoms with Gasteiger partial charge in [0.2, 0.25) is 5.76 Å². The number of carbonyl (C=O) groups is 2. The highest BCUT2D eigenvalue weighted by Gasteiger charge is 2.39. The number of esters is 1. The molecular formula is C25H25ClN2O6. The number of methoxy groups -OCH3 is 2. The Hall–Kier alpha value is -3.65. The molecule has 1 amide bonds. The number of nitrogens with one attached hydrogen (secondary N) is 1. The summed E-state index contributed by atoms with van der Waals surface area (Å²) in [4.78, 5) is 27.3. The van der Waals surface area contributed by atoms with Crippen molar-refractivity contribution in [1.29, 1.82) is 0 Å². The van der Waals surface area contributed by atoms with Crippen LogP contribution in [0.3, 0.4) is 0 Å². The number of fused-ring (bicyclic) bond motifs is 1. The van der Waals surface area contributed by atoms with Gasteiger partial charge in [-0.3, -0.25) is 4.79 Å². The second kappa shape index (κ2) is 8.95. The third kappa shape index (κ3) is 4.17. The zero-order chi connectivity index (χ0) is 24.6. The molecule has 1 aliphatic rings. The Morgan fingerprint density at radius 3 is 2.53 bits per heavy atom. The Morgan fingerprint density at radius 2 is 1.85 bits per heavy atom. The number of amides is 1. The number of ether oxygens (including phenoxy) is 3. The Kier molecular flexibility index (Phi) is 6.18. The van der Waals surface area contributed by atoms with Crippen LogP contribution in [-0.2, 0) is 16.1 Å². The van der Waals surface area contributed by atoms with Crippen molar-refractivity contribution in [1.82, 2.24) is 0 Å². The normalized spacial score (nSPS) is 14.3. The summed E-state index contributed by atoms with van der Waals surface area (Å²) in [5.41, 5.74) is 2.58. The van der Waals surface area contributed by atoms with E-state index in [4.69, 9.17) is 30.2 Å². The SMILES string of the molecule is COc1ccc(C(=O)OCc2c(-c3cc(Cl)ccc3OC)ccc3c2N(C)C(=O)C(C)(C)N3)o1. The summed E-state index contributed by atoms with van der Waals surface area (Å²) in [5.74, 6) is 0.00435. The number of furan rings is 1. The molecule has 9 heteroatoms. The van der Waals surface area contributed by atoms with Crippen molar-refractivity contribution in [3.63, 3.8) is 0 Å². The van der Waals surface area contributed by atoms with Gasteiger partial charge in [-0.15, -0.1) is 0 Å². The van der Waals surface area contributed by atoms with Crippen LogP contribution in [0.4, 0.5) is 11.4 Å². The fourth-order valence-electron chi connectivity index (χ4n) is 4.07. The molecule has 4 rings (SSSR count). The van der Waals surface area contributed by atoms with Crippen molar-refractivity contribution in [2.45, 2.75) is 26.0 Å². The molecule has 0 fully saturated rings. The molecule has 0 bridgehead atoms. The summed E-state index contributed by atoms with van der Waals surface area (Å²) in [5, 5.41) is 3.80. The lowest BCUT2D eigenvalue weighted by Crippen LogP contribution is -2.52. The van der Waals surface area contributed by atoms with Gasteiger partial charge in [-0.25, -0.2) is 4.79 Å². The van der Waals surface area contributed by atoms with E-state index in [-0.39, 0.29) is 24.2 Å². The average molecular weight is 485 g/mol. The quantitative estimate of drug-likeness (QED) is 0.484. The third-order valence-corrected chi connectivity index (χ3v) is 5.92. The lowest BCUT2D eigenvalue weighted by molar-refractivity contribution is -0.121. The van der Waals surface area contributed by atoms with E-state index in [0.717, 1.165) is 5.69 Å². The van der Waals surface area contributed by atoms with Gasteiger partial charge < -0.3 is 28.8 Å². The second-order valence-electron chi connectivity index (χ2n) is 8.35. The highest BCUT2D eigenvalue weighted by atomic mass is 35.5. The molecule has 178 valence electrons. The number of hydrogen-bond donors (Lipinski definition) is 1. The van der Waals surface area contributed by atoms with Crippen LogP contribution in [0.5, 0.6) is 11.7 Å². The molecule has 0 aliphatic carbocycles. The molecule has 2 aromatic carbocycles. The van der Waals surface area contributed by atoms with Crippen molar-refractivity contribution in [2.75, 3.05) is 31.5 Å². The highest BCUT2D eigenvalue weighted by molar-refractivity contribution is 6.31. The van der Waals surface area contributed by atoms with Gasteiger partial charge >= 0.3 is 5.97 Å². The fourth-order valence-corrected chi connectivity index (χ4v) is 4.24. The minimum Gasteiger partial charge on any atom is -0.496 e. The van der Waals surface area contributed by atoms with Crippen molar-refractivity contribution >= 4 is 34.9 Å². The number of benzene rings is 2. The van der Waals surface area contributed by atoms with Crippen LogP contribution in [0.2, 0.25) is 5.02 Å². The monoisotopic (exact) mass is 484 g/mol. The number of halogens is 1. The molecular weight excluding hydrogens is 460 g/mol. The van der Waals surface area contributed by atoms with Crippen LogP contribution in [0, 0.1) is 0 Å². The van der Waals surface area contributed by atoms with Crippen molar-refractivity contribution in [3.8, 4) is 22.8 Å². The Morgan fingerprint density at radius 1 is 1.09 bits per heavy atom. The molecule has 8 nitrogen and oxygen atoms in total. The Balaban J connectivity index is 1.82. The molecule has 0 saturated carbocycles. The van der Waals surface area contributed by atoms with Gasteiger partial charge in [0.1, 0.15) is 17.9 Å². The molecule has 0 saturated heterocycles. The van der Waals surface area contributed by atoms with Gasteiger partial charge in [0.15, 0.2) is 0 Å². The topological polar surface area (TPSA) is 90.2 Å². The smallest absolute Gasteiger partial charge is 0.374 e. The van der Waals surface area contributed by atoms with E-state index in [1.54, 1.807) is 37.3 Å².